The smallest absolute Gasteiger partial charge is 0.230 e. The number of guanidine groups is 1. The second-order valence-corrected chi connectivity index (χ2v) is 7.26. The molecule has 1 amide bonds. The van der Waals surface area contributed by atoms with Crippen molar-refractivity contribution in [3.05, 3.63) is 35.4 Å². The number of nitrogens with zero attached hydrogens (tertiary/aromatic N) is 2. The molecule has 0 radical (unpaired) electrons. The van der Waals surface area contributed by atoms with Crippen LogP contribution in [0.5, 0.6) is 0 Å². The van der Waals surface area contributed by atoms with Crippen LogP contribution in [0.2, 0.25) is 0 Å². The summed E-state index contributed by atoms with van der Waals surface area (Å²) in [5.41, 5.74) is -0.375. The van der Waals surface area contributed by atoms with Crippen molar-refractivity contribution in [1.82, 2.24) is 15.5 Å². The number of carbonyl (C=O) groups is 1. The summed E-state index contributed by atoms with van der Waals surface area (Å²) in [4.78, 5) is 18.9. The molecule has 5 nitrogen and oxygen atoms in total. The second-order valence-electron chi connectivity index (χ2n) is 7.26. The maximum absolute atomic E-state index is 13.7. The van der Waals surface area contributed by atoms with Gasteiger partial charge in [0.15, 0.2) is 5.96 Å². The van der Waals surface area contributed by atoms with Crippen LogP contribution in [0, 0.1) is 17.0 Å². The highest BCUT2D eigenvalue weighted by molar-refractivity contribution is 5.84. The minimum absolute atomic E-state index is 0.0656. The van der Waals surface area contributed by atoms with Crippen molar-refractivity contribution < 1.29 is 13.6 Å². The molecule has 0 spiro atoms. The molecule has 27 heavy (non-hydrogen) atoms. The molecule has 0 saturated heterocycles. The van der Waals surface area contributed by atoms with Crippen molar-refractivity contribution in [1.29, 1.82) is 0 Å². The molecule has 7 heteroatoms. The van der Waals surface area contributed by atoms with E-state index in [2.05, 4.69) is 15.6 Å². The van der Waals surface area contributed by atoms with Crippen molar-refractivity contribution in [3.63, 3.8) is 0 Å². The predicted octanol–water partition coefficient (Wildman–Crippen LogP) is 2.71. The van der Waals surface area contributed by atoms with E-state index in [1.54, 1.807) is 19.0 Å². The van der Waals surface area contributed by atoms with Gasteiger partial charge in [-0.2, -0.15) is 0 Å². The van der Waals surface area contributed by atoms with E-state index in [0.29, 0.717) is 25.6 Å². The van der Waals surface area contributed by atoms with E-state index in [9.17, 15) is 13.6 Å². The van der Waals surface area contributed by atoms with Gasteiger partial charge in [-0.1, -0.05) is 18.9 Å². The fourth-order valence-electron chi connectivity index (χ4n) is 3.61. The minimum atomic E-state index is -0.541. The quantitative estimate of drug-likeness (QED) is 0.565. The highest BCUT2D eigenvalue weighted by atomic mass is 19.1. The molecule has 2 N–H and O–H groups in total. The van der Waals surface area contributed by atoms with Crippen molar-refractivity contribution in [3.8, 4) is 0 Å². The third-order valence-electron chi connectivity index (χ3n) is 5.03. The van der Waals surface area contributed by atoms with Crippen LogP contribution in [0.3, 0.4) is 0 Å². The van der Waals surface area contributed by atoms with Gasteiger partial charge in [-0.3, -0.25) is 9.79 Å². The van der Waals surface area contributed by atoms with Gasteiger partial charge >= 0.3 is 0 Å². The molecular weight excluding hydrogens is 350 g/mol. The third kappa shape index (κ3) is 5.40. The van der Waals surface area contributed by atoms with E-state index in [1.807, 2.05) is 6.92 Å². The number of benzene rings is 1. The first-order chi connectivity index (χ1) is 12.9. The Morgan fingerprint density at radius 3 is 2.37 bits per heavy atom. The topological polar surface area (TPSA) is 56.7 Å². The lowest BCUT2D eigenvalue weighted by Crippen LogP contribution is -2.43. The number of nitrogens with one attached hydrogen (secondary N) is 2. The highest BCUT2D eigenvalue weighted by Gasteiger charge is 2.42. The Morgan fingerprint density at radius 2 is 1.81 bits per heavy atom. The molecule has 1 saturated carbocycles. The number of rotatable bonds is 7. The van der Waals surface area contributed by atoms with Crippen molar-refractivity contribution in [2.45, 2.75) is 39.0 Å². The molecule has 1 aliphatic rings. The molecule has 0 heterocycles. The Balaban J connectivity index is 2.02. The lowest BCUT2D eigenvalue weighted by molar-refractivity contribution is -0.138. The molecule has 1 aromatic rings. The van der Waals surface area contributed by atoms with E-state index in [0.717, 1.165) is 25.7 Å². The normalized spacial score (nSPS) is 16.3. The number of halogens is 2. The molecule has 0 bridgehead atoms. The number of carbonyl (C=O) groups excluding carboxylic acids is 1. The van der Waals surface area contributed by atoms with Gasteiger partial charge in [-0.15, -0.1) is 0 Å². The molecular formula is C20H30F2N4O. The molecule has 0 unspecified atom stereocenters. The van der Waals surface area contributed by atoms with E-state index >= 15 is 0 Å². The average Bonchev–Trinajstić information content (AvgIpc) is 3.11. The molecule has 1 aliphatic carbocycles. The second kappa shape index (κ2) is 9.67. The van der Waals surface area contributed by atoms with E-state index < -0.39 is 17.0 Å². The lowest BCUT2D eigenvalue weighted by atomic mass is 9.85. The number of amides is 1. The summed E-state index contributed by atoms with van der Waals surface area (Å²) in [5.74, 6) is -0.402. The average molecular weight is 380 g/mol. The van der Waals surface area contributed by atoms with Gasteiger partial charge in [0.1, 0.15) is 11.6 Å². The summed E-state index contributed by atoms with van der Waals surface area (Å²) in [6.07, 6.45) is 3.96. The summed E-state index contributed by atoms with van der Waals surface area (Å²) in [5, 5.41) is 6.25. The maximum Gasteiger partial charge on any atom is 0.230 e. The summed E-state index contributed by atoms with van der Waals surface area (Å²) in [6, 6.07) is 3.87. The van der Waals surface area contributed by atoms with Crippen LogP contribution in [0.15, 0.2) is 23.2 Å². The Hall–Kier alpha value is -2.18. The summed E-state index contributed by atoms with van der Waals surface area (Å²) >= 11 is 0. The molecule has 150 valence electrons. The van der Waals surface area contributed by atoms with Gasteiger partial charge in [0.05, 0.1) is 12.0 Å². The summed E-state index contributed by atoms with van der Waals surface area (Å²) in [7, 11) is 3.55. The number of aliphatic imine (C=N–C) groups is 1. The molecule has 1 fully saturated rings. The zero-order chi connectivity index (χ0) is 19.9. The SMILES string of the molecule is CCNC(=NCC1(C(=O)N(C)C)CCCC1)NCCc1c(F)cccc1F. The van der Waals surface area contributed by atoms with Crippen LogP contribution in [0.4, 0.5) is 8.78 Å². The van der Waals surface area contributed by atoms with Gasteiger partial charge in [-0.05, 0) is 38.3 Å². The molecule has 2 rings (SSSR count). The zero-order valence-corrected chi connectivity index (χ0v) is 16.4. The van der Waals surface area contributed by atoms with Crippen molar-refractivity contribution in [2.24, 2.45) is 10.4 Å². The van der Waals surface area contributed by atoms with Crippen molar-refractivity contribution in [2.75, 3.05) is 33.7 Å². The summed E-state index contributed by atoms with van der Waals surface area (Å²) < 4.78 is 27.5. The van der Waals surface area contributed by atoms with Crippen LogP contribution in [-0.4, -0.2) is 50.5 Å². The van der Waals surface area contributed by atoms with Gasteiger partial charge < -0.3 is 15.5 Å². The first-order valence-electron chi connectivity index (χ1n) is 9.56. The summed E-state index contributed by atoms with van der Waals surface area (Å²) in [6.45, 7) is 3.37. The molecule has 0 aromatic heterocycles. The van der Waals surface area contributed by atoms with Crippen LogP contribution in [0.1, 0.15) is 38.2 Å². The predicted molar refractivity (Wildman–Crippen MR) is 104 cm³/mol. The fourth-order valence-corrected chi connectivity index (χ4v) is 3.61. The first-order valence-corrected chi connectivity index (χ1v) is 9.56. The van der Waals surface area contributed by atoms with Gasteiger partial charge in [-0.25, -0.2) is 8.78 Å². The number of hydrogen-bond acceptors (Lipinski definition) is 2. The lowest BCUT2D eigenvalue weighted by Gasteiger charge is -2.29. The molecule has 0 atom stereocenters. The van der Waals surface area contributed by atoms with Crippen LogP contribution >= 0.6 is 0 Å². The molecule has 1 aromatic carbocycles. The first kappa shape index (κ1) is 21.1. The van der Waals surface area contributed by atoms with Gasteiger partial charge in [0.2, 0.25) is 5.91 Å². The van der Waals surface area contributed by atoms with Crippen LogP contribution < -0.4 is 10.6 Å². The van der Waals surface area contributed by atoms with E-state index in [-0.39, 0.29) is 17.9 Å². The van der Waals surface area contributed by atoms with Gasteiger partial charge in [0.25, 0.3) is 0 Å². The van der Waals surface area contributed by atoms with E-state index in [1.165, 1.54) is 18.2 Å². The zero-order valence-electron chi connectivity index (χ0n) is 16.4. The van der Waals surface area contributed by atoms with Gasteiger partial charge in [0, 0.05) is 32.7 Å². The van der Waals surface area contributed by atoms with E-state index in [4.69, 9.17) is 0 Å². The van der Waals surface area contributed by atoms with Crippen molar-refractivity contribution >= 4 is 11.9 Å². The molecule has 0 aliphatic heterocycles. The number of hydrogen-bond donors (Lipinski definition) is 2. The third-order valence-corrected chi connectivity index (χ3v) is 5.03. The Kier molecular flexibility index (Phi) is 7.56. The van der Waals surface area contributed by atoms with Crippen LogP contribution in [-0.2, 0) is 11.2 Å². The minimum Gasteiger partial charge on any atom is -0.357 e. The fraction of sp³-hybridized carbons (Fsp3) is 0.600. The Bertz CT molecular complexity index is 650. The highest BCUT2D eigenvalue weighted by Crippen LogP contribution is 2.39. The van der Waals surface area contributed by atoms with Crippen LogP contribution in [0.25, 0.3) is 0 Å². The monoisotopic (exact) mass is 380 g/mol. The Labute approximate surface area is 160 Å². The maximum atomic E-state index is 13.7. The Morgan fingerprint density at radius 1 is 1.19 bits per heavy atom. The largest absolute Gasteiger partial charge is 0.357 e. The standard InChI is InChI=1S/C20H30F2N4O/c1-4-23-19(24-13-10-15-16(21)8-7-9-17(15)22)25-14-20(11-5-6-12-20)18(27)26(2)3/h7-9H,4-6,10-14H2,1-3H3,(H2,23,24,25).